The van der Waals surface area contributed by atoms with Crippen molar-refractivity contribution < 1.29 is 0 Å². The predicted octanol–water partition coefficient (Wildman–Crippen LogP) is 2.51. The van der Waals surface area contributed by atoms with Crippen LogP contribution in [-0.2, 0) is 0 Å². The molecule has 68 valence electrons. The van der Waals surface area contributed by atoms with Gasteiger partial charge in [-0.1, -0.05) is 13.3 Å². The van der Waals surface area contributed by atoms with E-state index < -0.39 is 0 Å². The van der Waals surface area contributed by atoms with Crippen LogP contribution in [0.15, 0.2) is 5.51 Å². The standard InChI is InChI=1S/C9H16N2S/c1-4-5-8(10-3)9-7(2)11-6-12-9/h6,8,10H,4-5H2,1-3H3. The van der Waals surface area contributed by atoms with E-state index in [0.29, 0.717) is 6.04 Å². The Labute approximate surface area is 78.0 Å². The third kappa shape index (κ3) is 2.05. The van der Waals surface area contributed by atoms with Gasteiger partial charge in [-0.15, -0.1) is 11.3 Å². The highest BCUT2D eigenvalue weighted by molar-refractivity contribution is 7.09. The van der Waals surface area contributed by atoms with E-state index in [4.69, 9.17) is 0 Å². The van der Waals surface area contributed by atoms with Crippen molar-refractivity contribution in [1.82, 2.24) is 10.3 Å². The molecular weight excluding hydrogens is 168 g/mol. The number of nitrogens with one attached hydrogen (secondary N) is 1. The Kier molecular flexibility index (Phi) is 3.69. The largest absolute Gasteiger partial charge is 0.312 e. The summed E-state index contributed by atoms with van der Waals surface area (Å²) in [5.41, 5.74) is 3.10. The van der Waals surface area contributed by atoms with E-state index in [1.165, 1.54) is 23.4 Å². The van der Waals surface area contributed by atoms with Crippen molar-refractivity contribution in [2.45, 2.75) is 32.7 Å². The lowest BCUT2D eigenvalue weighted by Gasteiger charge is -2.13. The first-order valence-electron chi connectivity index (χ1n) is 4.36. The Hall–Kier alpha value is -0.410. The summed E-state index contributed by atoms with van der Waals surface area (Å²) in [5, 5.41) is 3.32. The summed E-state index contributed by atoms with van der Waals surface area (Å²) in [6.45, 7) is 4.28. The molecule has 1 aromatic rings. The number of aromatic nitrogens is 1. The zero-order chi connectivity index (χ0) is 8.97. The van der Waals surface area contributed by atoms with Crippen LogP contribution in [0.2, 0.25) is 0 Å². The van der Waals surface area contributed by atoms with Crippen molar-refractivity contribution >= 4 is 11.3 Å². The molecule has 0 amide bonds. The molecule has 0 spiro atoms. The number of thiazole rings is 1. The van der Waals surface area contributed by atoms with E-state index >= 15 is 0 Å². The molecule has 0 aliphatic rings. The molecule has 1 rings (SSSR count). The molecule has 1 unspecified atom stereocenters. The van der Waals surface area contributed by atoms with Crippen molar-refractivity contribution in [2.75, 3.05) is 7.05 Å². The van der Waals surface area contributed by atoms with Crippen LogP contribution < -0.4 is 5.32 Å². The van der Waals surface area contributed by atoms with Crippen LogP contribution in [0.5, 0.6) is 0 Å². The number of rotatable bonds is 4. The maximum Gasteiger partial charge on any atom is 0.0798 e. The van der Waals surface area contributed by atoms with Crippen molar-refractivity contribution in [3.8, 4) is 0 Å². The molecule has 1 heterocycles. The van der Waals surface area contributed by atoms with Gasteiger partial charge < -0.3 is 5.32 Å². The van der Waals surface area contributed by atoms with Crippen molar-refractivity contribution in [3.63, 3.8) is 0 Å². The summed E-state index contributed by atoms with van der Waals surface area (Å²) in [6.07, 6.45) is 2.41. The maximum atomic E-state index is 4.25. The minimum atomic E-state index is 0.502. The quantitative estimate of drug-likeness (QED) is 0.777. The van der Waals surface area contributed by atoms with Crippen molar-refractivity contribution in [2.24, 2.45) is 0 Å². The van der Waals surface area contributed by atoms with E-state index in [2.05, 4.69) is 24.1 Å². The summed E-state index contributed by atoms with van der Waals surface area (Å²) < 4.78 is 0. The van der Waals surface area contributed by atoms with Gasteiger partial charge in [0.1, 0.15) is 0 Å². The van der Waals surface area contributed by atoms with Crippen LogP contribution in [-0.4, -0.2) is 12.0 Å². The first-order chi connectivity index (χ1) is 5.79. The second-order valence-corrected chi connectivity index (χ2v) is 3.82. The Morgan fingerprint density at radius 1 is 1.67 bits per heavy atom. The maximum absolute atomic E-state index is 4.25. The van der Waals surface area contributed by atoms with Gasteiger partial charge in [-0.3, -0.25) is 0 Å². The summed E-state index contributed by atoms with van der Waals surface area (Å²) >= 11 is 1.75. The molecule has 1 aromatic heterocycles. The molecule has 12 heavy (non-hydrogen) atoms. The molecule has 0 aromatic carbocycles. The zero-order valence-corrected chi connectivity index (χ0v) is 8.74. The van der Waals surface area contributed by atoms with Gasteiger partial charge >= 0.3 is 0 Å². The molecule has 2 nitrogen and oxygen atoms in total. The van der Waals surface area contributed by atoms with E-state index in [-0.39, 0.29) is 0 Å². The fourth-order valence-corrected chi connectivity index (χ4v) is 2.29. The van der Waals surface area contributed by atoms with Crippen LogP contribution in [0.4, 0.5) is 0 Å². The SMILES string of the molecule is CCCC(NC)c1scnc1C. The normalized spacial score (nSPS) is 13.2. The van der Waals surface area contributed by atoms with E-state index in [9.17, 15) is 0 Å². The molecule has 1 N–H and O–H groups in total. The molecule has 0 bridgehead atoms. The minimum absolute atomic E-state index is 0.502. The highest BCUT2D eigenvalue weighted by Crippen LogP contribution is 2.24. The Morgan fingerprint density at radius 3 is 2.83 bits per heavy atom. The molecule has 0 fully saturated rings. The molecule has 0 aliphatic carbocycles. The summed E-state index contributed by atoms with van der Waals surface area (Å²) in [7, 11) is 2.01. The monoisotopic (exact) mass is 184 g/mol. The van der Waals surface area contributed by atoms with Gasteiger partial charge in [0.15, 0.2) is 0 Å². The summed E-state index contributed by atoms with van der Waals surface area (Å²) in [4.78, 5) is 5.63. The Bertz CT molecular complexity index is 232. The lowest BCUT2D eigenvalue weighted by Crippen LogP contribution is -2.15. The topological polar surface area (TPSA) is 24.9 Å². The first-order valence-corrected chi connectivity index (χ1v) is 5.24. The first kappa shape index (κ1) is 9.68. The molecule has 1 atom stereocenters. The van der Waals surface area contributed by atoms with Crippen LogP contribution in [0.3, 0.4) is 0 Å². The highest BCUT2D eigenvalue weighted by atomic mass is 32.1. The van der Waals surface area contributed by atoms with Crippen LogP contribution >= 0.6 is 11.3 Å². The number of nitrogens with zero attached hydrogens (tertiary/aromatic N) is 1. The number of hydrogen-bond donors (Lipinski definition) is 1. The van der Waals surface area contributed by atoms with Gasteiger partial charge in [0.05, 0.1) is 11.2 Å². The number of hydrogen-bond acceptors (Lipinski definition) is 3. The molecule has 0 saturated carbocycles. The van der Waals surface area contributed by atoms with E-state index in [1.54, 1.807) is 11.3 Å². The van der Waals surface area contributed by atoms with Gasteiger partial charge in [0, 0.05) is 10.9 Å². The molecular formula is C9H16N2S. The lowest BCUT2D eigenvalue weighted by molar-refractivity contribution is 0.546. The second-order valence-electron chi connectivity index (χ2n) is 2.93. The fourth-order valence-electron chi connectivity index (χ4n) is 1.34. The average Bonchev–Trinajstić information content (AvgIpc) is 2.47. The fraction of sp³-hybridized carbons (Fsp3) is 0.667. The molecule has 0 radical (unpaired) electrons. The van der Waals surface area contributed by atoms with Gasteiger partial charge in [0.2, 0.25) is 0 Å². The smallest absolute Gasteiger partial charge is 0.0798 e. The molecule has 0 saturated heterocycles. The average molecular weight is 184 g/mol. The van der Waals surface area contributed by atoms with Crippen LogP contribution in [0, 0.1) is 6.92 Å². The zero-order valence-electron chi connectivity index (χ0n) is 7.92. The van der Waals surface area contributed by atoms with E-state index in [0.717, 1.165) is 0 Å². The third-order valence-corrected chi connectivity index (χ3v) is 3.07. The van der Waals surface area contributed by atoms with Crippen molar-refractivity contribution in [3.05, 3.63) is 16.1 Å². The van der Waals surface area contributed by atoms with Gasteiger partial charge in [-0.2, -0.15) is 0 Å². The van der Waals surface area contributed by atoms with Gasteiger partial charge in [-0.05, 0) is 20.4 Å². The molecule has 0 aliphatic heterocycles. The summed E-state index contributed by atoms with van der Waals surface area (Å²) in [6, 6.07) is 0.502. The lowest BCUT2D eigenvalue weighted by atomic mass is 10.1. The summed E-state index contributed by atoms with van der Waals surface area (Å²) in [5.74, 6) is 0. The predicted molar refractivity (Wildman–Crippen MR) is 53.6 cm³/mol. The van der Waals surface area contributed by atoms with E-state index in [1.807, 2.05) is 12.6 Å². The minimum Gasteiger partial charge on any atom is -0.312 e. The third-order valence-electron chi connectivity index (χ3n) is 2.02. The van der Waals surface area contributed by atoms with Crippen molar-refractivity contribution in [1.29, 1.82) is 0 Å². The van der Waals surface area contributed by atoms with Crippen LogP contribution in [0.25, 0.3) is 0 Å². The Balaban J connectivity index is 2.72. The van der Waals surface area contributed by atoms with Crippen LogP contribution in [0.1, 0.15) is 36.4 Å². The number of aryl methyl sites for hydroxylation is 1. The highest BCUT2D eigenvalue weighted by Gasteiger charge is 2.12. The van der Waals surface area contributed by atoms with Gasteiger partial charge in [0.25, 0.3) is 0 Å². The van der Waals surface area contributed by atoms with Gasteiger partial charge in [-0.25, -0.2) is 4.98 Å². The Morgan fingerprint density at radius 2 is 2.42 bits per heavy atom. The second kappa shape index (κ2) is 4.58. The molecule has 3 heteroatoms.